The first-order valence-electron chi connectivity index (χ1n) is 3.91. The lowest BCUT2D eigenvalue weighted by atomic mass is 10.1. The van der Waals surface area contributed by atoms with Gasteiger partial charge in [0.25, 0.3) is 0 Å². The average molecular weight is 178 g/mol. The summed E-state index contributed by atoms with van der Waals surface area (Å²) in [6.07, 6.45) is 8.12. The Bertz CT molecular complexity index is 275. The molecule has 68 valence electrons. The van der Waals surface area contributed by atoms with Gasteiger partial charge in [-0.3, -0.25) is 4.79 Å². The van der Waals surface area contributed by atoms with Crippen LogP contribution in [0.3, 0.4) is 0 Å². The maximum atomic E-state index is 11.3. The van der Waals surface area contributed by atoms with Crippen LogP contribution >= 0.6 is 0 Å². The Balaban J connectivity index is 2.33. The van der Waals surface area contributed by atoms with Crippen LogP contribution in [0.2, 0.25) is 0 Å². The fourth-order valence-corrected chi connectivity index (χ4v) is 0.944. The van der Waals surface area contributed by atoms with E-state index in [2.05, 4.69) is 11.3 Å². The second-order valence-corrected chi connectivity index (χ2v) is 2.57. The Morgan fingerprint density at radius 1 is 1.38 bits per heavy atom. The molecule has 3 heteroatoms. The molecule has 0 atom stereocenters. The molecule has 1 aliphatic carbocycles. The number of carbonyl (C=O) groups is 2. The van der Waals surface area contributed by atoms with Crippen molar-refractivity contribution >= 4 is 11.8 Å². The van der Waals surface area contributed by atoms with Crippen molar-refractivity contribution in [3.63, 3.8) is 0 Å². The predicted octanol–water partition coefficient (Wildman–Crippen LogP) is 1.03. The van der Waals surface area contributed by atoms with Gasteiger partial charge in [-0.05, 0) is 0 Å². The van der Waals surface area contributed by atoms with E-state index in [4.69, 9.17) is 0 Å². The fraction of sp³-hybridized carbons (Fsp3) is 0.200. The molecule has 0 heterocycles. The van der Waals surface area contributed by atoms with Crippen LogP contribution in [0.1, 0.15) is 0 Å². The second kappa shape index (κ2) is 4.40. The maximum absolute atomic E-state index is 11.3. The van der Waals surface area contributed by atoms with Crippen molar-refractivity contribution in [2.75, 3.05) is 6.61 Å². The number of ether oxygens (including phenoxy) is 1. The van der Waals surface area contributed by atoms with E-state index in [0.29, 0.717) is 0 Å². The Morgan fingerprint density at radius 3 is 2.54 bits per heavy atom. The van der Waals surface area contributed by atoms with E-state index in [1.54, 1.807) is 24.3 Å². The highest BCUT2D eigenvalue weighted by atomic mass is 16.5. The molecule has 0 unspecified atom stereocenters. The summed E-state index contributed by atoms with van der Waals surface area (Å²) in [5.74, 6) is -0.933. The zero-order valence-electron chi connectivity index (χ0n) is 7.10. The predicted molar refractivity (Wildman–Crippen MR) is 47.9 cm³/mol. The molecule has 1 rings (SSSR count). The smallest absolute Gasteiger partial charge is 0.330 e. The summed E-state index contributed by atoms with van der Waals surface area (Å²) in [5, 5.41) is 0. The van der Waals surface area contributed by atoms with Crippen molar-refractivity contribution in [2.45, 2.75) is 0 Å². The summed E-state index contributed by atoms with van der Waals surface area (Å²) in [6, 6.07) is 0. The summed E-state index contributed by atoms with van der Waals surface area (Å²) >= 11 is 0. The third kappa shape index (κ3) is 2.71. The molecule has 0 aromatic carbocycles. The van der Waals surface area contributed by atoms with Crippen LogP contribution in [-0.4, -0.2) is 18.4 Å². The van der Waals surface area contributed by atoms with Gasteiger partial charge in [-0.25, -0.2) is 4.79 Å². The van der Waals surface area contributed by atoms with Crippen molar-refractivity contribution in [1.29, 1.82) is 0 Å². The van der Waals surface area contributed by atoms with Gasteiger partial charge in [0.05, 0.1) is 5.92 Å². The molecule has 0 saturated heterocycles. The van der Waals surface area contributed by atoms with Crippen molar-refractivity contribution in [3.8, 4) is 0 Å². The minimum Gasteiger partial charge on any atom is -0.455 e. The lowest BCUT2D eigenvalue weighted by Gasteiger charge is -2.03. The van der Waals surface area contributed by atoms with Gasteiger partial charge >= 0.3 is 5.97 Å². The molecule has 1 aliphatic rings. The molecule has 0 bridgehead atoms. The lowest BCUT2D eigenvalue weighted by molar-refractivity contribution is -0.143. The zero-order chi connectivity index (χ0) is 9.68. The Kier molecular flexibility index (Phi) is 3.20. The molecule has 0 spiro atoms. The van der Waals surface area contributed by atoms with Gasteiger partial charge in [-0.15, -0.1) is 0 Å². The number of Topliss-reactive ketones (excluding diaryl/α,β-unsaturated/α-hetero) is 1. The third-order valence-electron chi connectivity index (χ3n) is 1.64. The SMILES string of the molecule is C=CC(=O)OCC(=O)C1C=CC=C1. The summed E-state index contributed by atoms with van der Waals surface area (Å²) in [4.78, 5) is 21.9. The average Bonchev–Trinajstić information content (AvgIpc) is 2.66. The summed E-state index contributed by atoms with van der Waals surface area (Å²) in [6.45, 7) is 3.03. The van der Waals surface area contributed by atoms with E-state index in [0.717, 1.165) is 6.08 Å². The molecule has 0 saturated carbocycles. The van der Waals surface area contributed by atoms with Gasteiger partial charge in [0.2, 0.25) is 0 Å². The first-order valence-corrected chi connectivity index (χ1v) is 3.91. The van der Waals surface area contributed by atoms with Gasteiger partial charge in [0, 0.05) is 6.08 Å². The van der Waals surface area contributed by atoms with E-state index in [1.165, 1.54) is 0 Å². The van der Waals surface area contributed by atoms with Gasteiger partial charge in [-0.1, -0.05) is 30.9 Å². The van der Waals surface area contributed by atoms with Crippen LogP contribution in [0.4, 0.5) is 0 Å². The van der Waals surface area contributed by atoms with Crippen molar-refractivity contribution in [2.24, 2.45) is 5.92 Å². The number of esters is 1. The zero-order valence-corrected chi connectivity index (χ0v) is 7.10. The third-order valence-corrected chi connectivity index (χ3v) is 1.64. The highest BCUT2D eigenvalue weighted by Gasteiger charge is 2.15. The first-order chi connectivity index (χ1) is 6.24. The van der Waals surface area contributed by atoms with Gasteiger partial charge in [0.15, 0.2) is 12.4 Å². The monoisotopic (exact) mass is 178 g/mol. The molecule has 0 aromatic heterocycles. The fourth-order valence-electron chi connectivity index (χ4n) is 0.944. The summed E-state index contributed by atoms with van der Waals surface area (Å²) < 4.78 is 4.59. The molecule has 0 N–H and O–H groups in total. The number of ketones is 1. The molecular weight excluding hydrogens is 168 g/mol. The lowest BCUT2D eigenvalue weighted by Crippen LogP contribution is -2.17. The van der Waals surface area contributed by atoms with E-state index in [1.807, 2.05) is 0 Å². The molecule has 0 amide bonds. The molecule has 0 aromatic rings. The maximum Gasteiger partial charge on any atom is 0.330 e. The number of carbonyl (C=O) groups excluding carboxylic acids is 2. The van der Waals surface area contributed by atoms with Gasteiger partial charge in [-0.2, -0.15) is 0 Å². The van der Waals surface area contributed by atoms with Crippen molar-refractivity contribution in [3.05, 3.63) is 37.0 Å². The highest BCUT2D eigenvalue weighted by molar-refractivity contribution is 5.89. The normalized spacial score (nSPS) is 14.5. The minimum atomic E-state index is -0.570. The molecular formula is C10H10O3. The highest BCUT2D eigenvalue weighted by Crippen LogP contribution is 2.09. The topological polar surface area (TPSA) is 43.4 Å². The Morgan fingerprint density at radius 2 is 2.00 bits per heavy atom. The van der Waals surface area contributed by atoms with E-state index >= 15 is 0 Å². The molecule has 13 heavy (non-hydrogen) atoms. The van der Waals surface area contributed by atoms with Crippen LogP contribution in [0.25, 0.3) is 0 Å². The van der Waals surface area contributed by atoms with Gasteiger partial charge in [0.1, 0.15) is 0 Å². The quantitative estimate of drug-likeness (QED) is 0.477. The number of hydrogen-bond acceptors (Lipinski definition) is 3. The van der Waals surface area contributed by atoms with Crippen LogP contribution in [0.5, 0.6) is 0 Å². The number of allylic oxidation sites excluding steroid dienone is 4. The van der Waals surface area contributed by atoms with E-state index in [-0.39, 0.29) is 18.3 Å². The first kappa shape index (κ1) is 9.45. The van der Waals surface area contributed by atoms with Crippen molar-refractivity contribution < 1.29 is 14.3 Å². The molecule has 3 nitrogen and oxygen atoms in total. The van der Waals surface area contributed by atoms with Crippen LogP contribution < -0.4 is 0 Å². The second-order valence-electron chi connectivity index (χ2n) is 2.57. The van der Waals surface area contributed by atoms with Crippen LogP contribution in [-0.2, 0) is 14.3 Å². The van der Waals surface area contributed by atoms with E-state index in [9.17, 15) is 9.59 Å². The number of hydrogen-bond donors (Lipinski definition) is 0. The minimum absolute atomic E-state index is 0.125. The molecule has 0 fully saturated rings. The Labute approximate surface area is 76.4 Å². The molecule has 0 aliphatic heterocycles. The number of rotatable bonds is 4. The standard InChI is InChI=1S/C10H10O3/c1-2-10(12)13-7-9(11)8-5-3-4-6-8/h2-6,8H,1,7H2. The summed E-state index contributed by atoms with van der Waals surface area (Å²) in [7, 11) is 0. The van der Waals surface area contributed by atoms with Crippen molar-refractivity contribution in [1.82, 2.24) is 0 Å². The van der Waals surface area contributed by atoms with Crippen LogP contribution in [0.15, 0.2) is 37.0 Å². The summed E-state index contributed by atoms with van der Waals surface area (Å²) in [5.41, 5.74) is 0. The largest absolute Gasteiger partial charge is 0.455 e. The van der Waals surface area contributed by atoms with E-state index < -0.39 is 5.97 Å². The van der Waals surface area contributed by atoms with Crippen LogP contribution in [0, 0.1) is 5.92 Å². The van der Waals surface area contributed by atoms with Gasteiger partial charge < -0.3 is 4.74 Å². The Hall–Kier alpha value is -1.64. The molecule has 0 radical (unpaired) electrons.